The summed E-state index contributed by atoms with van der Waals surface area (Å²) in [5.74, 6) is 0.107. The van der Waals surface area contributed by atoms with Crippen LogP contribution in [0.5, 0.6) is 5.75 Å². The molecule has 0 radical (unpaired) electrons. The second kappa shape index (κ2) is 6.29. The third-order valence-corrected chi connectivity index (χ3v) is 3.62. The second-order valence-corrected chi connectivity index (χ2v) is 5.29. The van der Waals surface area contributed by atoms with Gasteiger partial charge >= 0.3 is 0 Å². The van der Waals surface area contributed by atoms with E-state index in [1.54, 1.807) is 12.1 Å². The number of hydrogen-bond donors (Lipinski definition) is 2. The van der Waals surface area contributed by atoms with Crippen LogP contribution in [0.25, 0.3) is 0 Å². The van der Waals surface area contributed by atoms with Crippen LogP contribution in [0.4, 0.5) is 0 Å². The summed E-state index contributed by atoms with van der Waals surface area (Å²) >= 11 is 11.9. The average Bonchev–Trinajstić information content (AvgIpc) is 2.38. The van der Waals surface area contributed by atoms with E-state index < -0.39 is 0 Å². The molecule has 2 aromatic carbocycles. The Balaban J connectivity index is 1.92. The summed E-state index contributed by atoms with van der Waals surface area (Å²) in [6, 6.07) is 11.2. The number of aryl methyl sites for hydroxylation is 1. The molecule has 0 aliphatic carbocycles. The van der Waals surface area contributed by atoms with Crippen molar-refractivity contribution < 1.29 is 5.11 Å². The molecule has 0 aromatic heterocycles. The van der Waals surface area contributed by atoms with E-state index in [9.17, 15) is 5.11 Å². The molecule has 0 bridgehead atoms. The molecule has 2 aromatic rings. The number of benzene rings is 2. The Hall–Kier alpha value is -1.22. The van der Waals surface area contributed by atoms with Gasteiger partial charge in [0.1, 0.15) is 5.75 Å². The Morgan fingerprint density at radius 1 is 0.947 bits per heavy atom. The van der Waals surface area contributed by atoms with Crippen molar-refractivity contribution in [1.82, 2.24) is 5.32 Å². The van der Waals surface area contributed by atoms with E-state index in [1.165, 1.54) is 0 Å². The van der Waals surface area contributed by atoms with Crippen molar-refractivity contribution in [2.75, 3.05) is 0 Å². The zero-order valence-electron chi connectivity index (χ0n) is 10.6. The molecule has 0 heterocycles. The highest BCUT2D eigenvalue weighted by molar-refractivity contribution is 6.32. The molecular formula is C15H15Cl2NO. The first-order valence-corrected chi connectivity index (χ1v) is 6.75. The summed E-state index contributed by atoms with van der Waals surface area (Å²) in [6.45, 7) is 3.40. The van der Waals surface area contributed by atoms with Crippen LogP contribution in [0, 0.1) is 6.92 Å². The highest BCUT2D eigenvalue weighted by Crippen LogP contribution is 2.23. The molecule has 2 nitrogen and oxygen atoms in total. The van der Waals surface area contributed by atoms with Crippen molar-refractivity contribution in [1.29, 1.82) is 0 Å². The molecule has 2 rings (SSSR count). The SMILES string of the molecule is Cc1ccc(CNCc2ccc(O)c(Cl)c2)cc1Cl. The maximum Gasteiger partial charge on any atom is 0.134 e. The van der Waals surface area contributed by atoms with Gasteiger partial charge in [-0.15, -0.1) is 0 Å². The fourth-order valence-electron chi connectivity index (χ4n) is 1.76. The van der Waals surface area contributed by atoms with Crippen LogP contribution in [-0.4, -0.2) is 5.11 Å². The van der Waals surface area contributed by atoms with Crippen molar-refractivity contribution in [3.05, 3.63) is 63.1 Å². The fourth-order valence-corrected chi connectivity index (χ4v) is 2.16. The first kappa shape index (κ1) is 14.2. The lowest BCUT2D eigenvalue weighted by atomic mass is 10.1. The first-order chi connectivity index (χ1) is 9.06. The minimum atomic E-state index is 0.107. The molecule has 4 heteroatoms. The zero-order valence-corrected chi connectivity index (χ0v) is 12.1. The Morgan fingerprint density at radius 2 is 1.53 bits per heavy atom. The molecule has 0 spiro atoms. The van der Waals surface area contributed by atoms with Crippen LogP contribution in [0.3, 0.4) is 0 Å². The number of nitrogens with one attached hydrogen (secondary N) is 1. The van der Waals surface area contributed by atoms with Crippen LogP contribution in [0.15, 0.2) is 36.4 Å². The Bertz CT molecular complexity index is 533. The predicted octanol–water partition coefficient (Wildman–Crippen LogP) is 4.30. The fraction of sp³-hybridized carbons (Fsp3) is 0.200. The molecule has 0 saturated carbocycles. The number of hydrogen-bond acceptors (Lipinski definition) is 2. The van der Waals surface area contributed by atoms with Gasteiger partial charge in [-0.1, -0.05) is 41.4 Å². The maximum atomic E-state index is 9.34. The summed E-state index contributed by atoms with van der Waals surface area (Å²) in [5.41, 5.74) is 3.25. The van der Waals surface area contributed by atoms with Gasteiger partial charge in [0, 0.05) is 18.1 Å². The molecule has 19 heavy (non-hydrogen) atoms. The number of phenols is 1. The van der Waals surface area contributed by atoms with Crippen LogP contribution in [-0.2, 0) is 13.1 Å². The third kappa shape index (κ3) is 3.87. The van der Waals surface area contributed by atoms with Crippen LogP contribution in [0.2, 0.25) is 10.0 Å². The topological polar surface area (TPSA) is 32.3 Å². The van der Waals surface area contributed by atoms with Gasteiger partial charge in [-0.05, 0) is 41.8 Å². The number of aromatic hydroxyl groups is 1. The lowest BCUT2D eigenvalue weighted by Gasteiger charge is -2.07. The summed E-state index contributed by atoms with van der Waals surface area (Å²) in [6.07, 6.45) is 0. The van der Waals surface area contributed by atoms with Crippen molar-refractivity contribution in [3.63, 3.8) is 0 Å². The van der Waals surface area contributed by atoms with E-state index in [2.05, 4.69) is 11.4 Å². The Kier molecular flexibility index (Phi) is 4.70. The highest BCUT2D eigenvalue weighted by Gasteiger charge is 2.01. The van der Waals surface area contributed by atoms with Crippen molar-refractivity contribution in [3.8, 4) is 5.75 Å². The van der Waals surface area contributed by atoms with E-state index in [0.717, 1.165) is 28.3 Å². The van der Waals surface area contributed by atoms with Crippen LogP contribution in [0.1, 0.15) is 16.7 Å². The van der Waals surface area contributed by atoms with Gasteiger partial charge in [0.25, 0.3) is 0 Å². The molecule has 0 atom stereocenters. The molecule has 0 unspecified atom stereocenters. The molecule has 100 valence electrons. The van der Waals surface area contributed by atoms with Crippen LogP contribution >= 0.6 is 23.2 Å². The number of halogens is 2. The van der Waals surface area contributed by atoms with E-state index in [4.69, 9.17) is 23.2 Å². The Labute approximate surface area is 123 Å². The lowest BCUT2D eigenvalue weighted by molar-refractivity contribution is 0.475. The van der Waals surface area contributed by atoms with Gasteiger partial charge in [0.05, 0.1) is 5.02 Å². The van der Waals surface area contributed by atoms with Crippen molar-refractivity contribution in [2.45, 2.75) is 20.0 Å². The Morgan fingerprint density at radius 3 is 2.11 bits per heavy atom. The molecule has 0 saturated heterocycles. The van der Waals surface area contributed by atoms with Gasteiger partial charge in [0.15, 0.2) is 0 Å². The summed E-state index contributed by atoms with van der Waals surface area (Å²) < 4.78 is 0. The molecular weight excluding hydrogens is 281 g/mol. The quantitative estimate of drug-likeness (QED) is 0.881. The zero-order chi connectivity index (χ0) is 13.8. The minimum Gasteiger partial charge on any atom is -0.506 e. The first-order valence-electron chi connectivity index (χ1n) is 5.99. The molecule has 0 aliphatic rings. The summed E-state index contributed by atoms with van der Waals surface area (Å²) in [4.78, 5) is 0. The van der Waals surface area contributed by atoms with E-state index in [0.29, 0.717) is 11.6 Å². The second-order valence-electron chi connectivity index (χ2n) is 4.47. The molecule has 0 fully saturated rings. The summed E-state index contributed by atoms with van der Waals surface area (Å²) in [7, 11) is 0. The van der Waals surface area contributed by atoms with Crippen LogP contribution < -0.4 is 5.32 Å². The van der Waals surface area contributed by atoms with Gasteiger partial charge in [-0.2, -0.15) is 0 Å². The van der Waals surface area contributed by atoms with Crippen molar-refractivity contribution >= 4 is 23.2 Å². The van der Waals surface area contributed by atoms with Gasteiger partial charge in [-0.25, -0.2) is 0 Å². The molecule has 0 amide bonds. The van der Waals surface area contributed by atoms with Gasteiger partial charge in [-0.3, -0.25) is 0 Å². The van der Waals surface area contributed by atoms with E-state index >= 15 is 0 Å². The minimum absolute atomic E-state index is 0.107. The largest absolute Gasteiger partial charge is 0.506 e. The molecule has 0 aliphatic heterocycles. The smallest absolute Gasteiger partial charge is 0.134 e. The highest BCUT2D eigenvalue weighted by atomic mass is 35.5. The predicted molar refractivity (Wildman–Crippen MR) is 79.8 cm³/mol. The van der Waals surface area contributed by atoms with Gasteiger partial charge in [0.2, 0.25) is 0 Å². The summed E-state index contributed by atoms with van der Waals surface area (Å²) in [5, 5.41) is 13.8. The van der Waals surface area contributed by atoms with Crippen molar-refractivity contribution in [2.24, 2.45) is 0 Å². The molecule has 2 N–H and O–H groups in total. The third-order valence-electron chi connectivity index (χ3n) is 2.91. The normalized spacial score (nSPS) is 10.7. The number of rotatable bonds is 4. The number of phenolic OH excluding ortho intramolecular Hbond substituents is 1. The standard InChI is InChI=1S/C15H15Cl2NO/c1-10-2-3-11(6-13(10)16)8-18-9-12-4-5-15(19)14(17)7-12/h2-7,18-19H,8-9H2,1H3. The average molecular weight is 296 g/mol. The monoisotopic (exact) mass is 295 g/mol. The van der Waals surface area contributed by atoms with E-state index in [1.807, 2.05) is 25.1 Å². The van der Waals surface area contributed by atoms with E-state index in [-0.39, 0.29) is 5.75 Å². The lowest BCUT2D eigenvalue weighted by Crippen LogP contribution is -2.12. The maximum absolute atomic E-state index is 9.34. The van der Waals surface area contributed by atoms with Gasteiger partial charge < -0.3 is 10.4 Å².